The minimum absolute atomic E-state index is 0.320. The van der Waals surface area contributed by atoms with Crippen LogP contribution in [0.1, 0.15) is 45.4 Å². The number of halogens is 1. The van der Waals surface area contributed by atoms with Crippen LogP contribution in [0.5, 0.6) is 5.75 Å². The molecule has 0 radical (unpaired) electrons. The molecule has 1 fully saturated rings. The van der Waals surface area contributed by atoms with E-state index in [1.54, 1.807) is 0 Å². The molecule has 2 N–H and O–H groups in total. The molecule has 1 saturated carbocycles. The van der Waals surface area contributed by atoms with Crippen molar-refractivity contribution in [3.63, 3.8) is 0 Å². The Morgan fingerprint density at radius 3 is 2.45 bits per heavy atom. The van der Waals surface area contributed by atoms with Crippen LogP contribution < -0.4 is 10.5 Å². The highest BCUT2D eigenvalue weighted by Gasteiger charge is 2.33. The van der Waals surface area contributed by atoms with Crippen LogP contribution in [-0.4, -0.2) is 13.2 Å². The highest BCUT2D eigenvalue weighted by atomic mass is 79.9. The van der Waals surface area contributed by atoms with Gasteiger partial charge in [-0.1, -0.05) is 29.3 Å². The molecule has 1 aliphatic carbocycles. The topological polar surface area (TPSA) is 35.2 Å². The van der Waals surface area contributed by atoms with E-state index in [9.17, 15) is 0 Å². The molecule has 1 aromatic carbocycles. The third-order valence-corrected chi connectivity index (χ3v) is 5.42. The lowest BCUT2D eigenvalue weighted by atomic mass is 9.68. The molecule has 0 heterocycles. The fourth-order valence-electron chi connectivity index (χ4n) is 3.17. The van der Waals surface area contributed by atoms with Crippen molar-refractivity contribution in [2.24, 2.45) is 17.1 Å². The monoisotopic (exact) mass is 339 g/mol. The lowest BCUT2D eigenvalue weighted by molar-refractivity contribution is 0.117. The second kappa shape index (κ2) is 7.46. The highest BCUT2D eigenvalue weighted by Crippen LogP contribution is 2.41. The average Bonchev–Trinajstić information content (AvgIpc) is 2.50. The summed E-state index contributed by atoms with van der Waals surface area (Å²) in [7, 11) is 0. The smallest absolute Gasteiger partial charge is 0.119 e. The Morgan fingerprint density at radius 1 is 1.25 bits per heavy atom. The maximum Gasteiger partial charge on any atom is 0.119 e. The molecule has 1 aromatic rings. The van der Waals surface area contributed by atoms with Crippen LogP contribution in [0.4, 0.5) is 0 Å². The van der Waals surface area contributed by atoms with E-state index in [1.807, 2.05) is 24.3 Å². The van der Waals surface area contributed by atoms with E-state index >= 15 is 0 Å². The molecule has 0 amide bonds. The number of hydrogen-bond donors (Lipinski definition) is 1. The van der Waals surface area contributed by atoms with Crippen molar-refractivity contribution in [1.29, 1.82) is 0 Å². The van der Waals surface area contributed by atoms with E-state index < -0.39 is 0 Å². The van der Waals surface area contributed by atoms with Crippen LogP contribution in [0.25, 0.3) is 0 Å². The van der Waals surface area contributed by atoms with E-state index in [-0.39, 0.29) is 0 Å². The first-order chi connectivity index (χ1) is 9.67. The van der Waals surface area contributed by atoms with E-state index in [0.717, 1.165) is 35.7 Å². The van der Waals surface area contributed by atoms with E-state index in [4.69, 9.17) is 10.5 Å². The van der Waals surface area contributed by atoms with Gasteiger partial charge in [0.15, 0.2) is 0 Å². The maximum atomic E-state index is 6.06. The Labute approximate surface area is 131 Å². The molecule has 3 heteroatoms. The molecule has 0 aromatic heterocycles. The minimum Gasteiger partial charge on any atom is -0.494 e. The largest absolute Gasteiger partial charge is 0.494 e. The van der Waals surface area contributed by atoms with Crippen molar-refractivity contribution in [1.82, 2.24) is 0 Å². The van der Waals surface area contributed by atoms with Gasteiger partial charge in [-0.15, -0.1) is 0 Å². The van der Waals surface area contributed by atoms with Gasteiger partial charge in [0.1, 0.15) is 5.75 Å². The van der Waals surface area contributed by atoms with Gasteiger partial charge in [-0.25, -0.2) is 0 Å². The number of benzene rings is 1. The van der Waals surface area contributed by atoms with Crippen molar-refractivity contribution in [3.8, 4) is 5.75 Å². The third-order valence-electron chi connectivity index (χ3n) is 4.89. The van der Waals surface area contributed by atoms with Gasteiger partial charge in [0, 0.05) is 4.47 Å². The van der Waals surface area contributed by atoms with Gasteiger partial charge in [-0.2, -0.15) is 0 Å². The quantitative estimate of drug-likeness (QED) is 0.810. The number of ether oxygens (including phenoxy) is 1. The molecule has 0 spiro atoms. The summed E-state index contributed by atoms with van der Waals surface area (Å²) in [5.41, 5.74) is 6.38. The predicted molar refractivity (Wildman–Crippen MR) is 88.0 cm³/mol. The normalized spacial score (nSPS) is 26.4. The molecule has 2 rings (SSSR count). The Bertz CT molecular complexity index is 396. The van der Waals surface area contributed by atoms with Gasteiger partial charge >= 0.3 is 0 Å². The number of rotatable bonds is 6. The fraction of sp³-hybridized carbons (Fsp3) is 0.647. The molecule has 0 saturated heterocycles. The van der Waals surface area contributed by atoms with Crippen LogP contribution in [-0.2, 0) is 0 Å². The van der Waals surface area contributed by atoms with Crippen LogP contribution in [0.2, 0.25) is 0 Å². The molecular formula is C17H26BrNO. The van der Waals surface area contributed by atoms with Crippen molar-refractivity contribution < 1.29 is 4.74 Å². The van der Waals surface area contributed by atoms with Gasteiger partial charge in [-0.05, 0) is 74.2 Å². The first kappa shape index (κ1) is 15.8. The molecule has 0 atom stereocenters. The van der Waals surface area contributed by atoms with Crippen LogP contribution >= 0.6 is 15.9 Å². The predicted octanol–water partition coefficient (Wildman–Crippen LogP) is 4.76. The second-order valence-corrected chi connectivity index (χ2v) is 7.02. The first-order valence-corrected chi connectivity index (χ1v) is 8.55. The molecule has 2 nitrogen and oxygen atoms in total. The molecule has 112 valence electrons. The van der Waals surface area contributed by atoms with Crippen molar-refractivity contribution in [2.45, 2.75) is 45.4 Å². The van der Waals surface area contributed by atoms with Crippen molar-refractivity contribution >= 4 is 15.9 Å². The molecule has 0 aliphatic heterocycles. The summed E-state index contributed by atoms with van der Waals surface area (Å²) in [5, 5.41) is 0. The van der Waals surface area contributed by atoms with Crippen LogP contribution in [0, 0.1) is 11.3 Å². The molecule has 20 heavy (non-hydrogen) atoms. The standard InChI is InChI=1S/C17H26BrNO/c1-2-14-7-9-17(13-19,10-8-14)11-12-20-16-5-3-15(18)4-6-16/h3-6,14H,2,7-13,19H2,1H3. The zero-order valence-electron chi connectivity index (χ0n) is 12.4. The van der Waals surface area contributed by atoms with Crippen molar-refractivity contribution in [3.05, 3.63) is 28.7 Å². The molecule has 1 aliphatic rings. The van der Waals surface area contributed by atoms with Crippen molar-refractivity contribution in [2.75, 3.05) is 13.2 Å². The zero-order valence-corrected chi connectivity index (χ0v) is 14.0. The molecular weight excluding hydrogens is 314 g/mol. The van der Waals surface area contributed by atoms with Crippen LogP contribution in [0.3, 0.4) is 0 Å². The van der Waals surface area contributed by atoms with E-state index in [2.05, 4.69) is 22.9 Å². The Balaban J connectivity index is 1.80. The number of nitrogens with two attached hydrogens (primary N) is 1. The lowest BCUT2D eigenvalue weighted by Gasteiger charge is -2.39. The van der Waals surface area contributed by atoms with Gasteiger partial charge in [0.25, 0.3) is 0 Å². The average molecular weight is 340 g/mol. The first-order valence-electron chi connectivity index (χ1n) is 7.76. The van der Waals surface area contributed by atoms with Gasteiger partial charge in [-0.3, -0.25) is 0 Å². The highest BCUT2D eigenvalue weighted by molar-refractivity contribution is 9.10. The third kappa shape index (κ3) is 4.23. The fourth-order valence-corrected chi connectivity index (χ4v) is 3.43. The minimum atomic E-state index is 0.320. The van der Waals surface area contributed by atoms with Gasteiger partial charge in [0.2, 0.25) is 0 Å². The Hall–Kier alpha value is -0.540. The SMILES string of the molecule is CCC1CCC(CN)(CCOc2ccc(Br)cc2)CC1. The van der Waals surface area contributed by atoms with Gasteiger partial charge in [0.05, 0.1) is 6.61 Å². The van der Waals surface area contributed by atoms with Gasteiger partial charge < -0.3 is 10.5 Å². The summed E-state index contributed by atoms with van der Waals surface area (Å²) in [6.45, 7) is 3.87. The van der Waals surface area contributed by atoms with Crippen LogP contribution in [0.15, 0.2) is 28.7 Å². The summed E-state index contributed by atoms with van der Waals surface area (Å²) in [4.78, 5) is 0. The summed E-state index contributed by atoms with van der Waals surface area (Å²) in [6.07, 6.45) is 7.61. The van der Waals surface area contributed by atoms with E-state index in [0.29, 0.717) is 5.41 Å². The zero-order chi connectivity index (χ0) is 14.4. The van der Waals surface area contributed by atoms with E-state index in [1.165, 1.54) is 32.1 Å². The Morgan fingerprint density at radius 2 is 1.90 bits per heavy atom. The summed E-state index contributed by atoms with van der Waals surface area (Å²) in [5.74, 6) is 1.87. The molecule has 0 bridgehead atoms. The second-order valence-electron chi connectivity index (χ2n) is 6.11. The summed E-state index contributed by atoms with van der Waals surface area (Å²) < 4.78 is 6.95. The summed E-state index contributed by atoms with van der Waals surface area (Å²) in [6, 6.07) is 8.04. The maximum absolute atomic E-state index is 6.06. The Kier molecular flexibility index (Phi) is 5.91. The lowest BCUT2D eigenvalue weighted by Crippen LogP contribution is -2.36. The number of hydrogen-bond acceptors (Lipinski definition) is 2. The summed E-state index contributed by atoms with van der Waals surface area (Å²) >= 11 is 3.44. The molecule has 0 unspecified atom stereocenters.